The molecule has 2 aromatic heterocycles. The number of alkyl halides is 3. The van der Waals surface area contributed by atoms with Crippen LogP contribution in [0.3, 0.4) is 0 Å². The maximum Gasteiger partial charge on any atom is 0.417 e. The summed E-state index contributed by atoms with van der Waals surface area (Å²) in [6.45, 7) is 0.995. The molecule has 33 heavy (non-hydrogen) atoms. The Hall–Kier alpha value is -2.99. The molecule has 0 bridgehead atoms. The van der Waals surface area contributed by atoms with Crippen LogP contribution >= 0.6 is 0 Å². The van der Waals surface area contributed by atoms with Crippen LogP contribution < -0.4 is 10.9 Å². The molecule has 8 nitrogen and oxygen atoms in total. The van der Waals surface area contributed by atoms with Crippen LogP contribution in [-0.4, -0.2) is 58.4 Å². The second-order valence-corrected chi connectivity index (χ2v) is 7.46. The number of ether oxygens (including phenoxy) is 1. The second-order valence-electron chi connectivity index (χ2n) is 7.46. The molecule has 0 aliphatic heterocycles. The molecule has 0 aliphatic carbocycles. The molecule has 0 spiro atoms. The summed E-state index contributed by atoms with van der Waals surface area (Å²) in [6, 6.07) is 5.48. The van der Waals surface area contributed by atoms with Gasteiger partial charge in [0.15, 0.2) is 0 Å². The number of aliphatic hydroxyl groups excluding tert-OH is 3. The fourth-order valence-electron chi connectivity index (χ4n) is 3.55. The van der Waals surface area contributed by atoms with E-state index in [1.54, 1.807) is 0 Å². The molecule has 2 heterocycles. The van der Waals surface area contributed by atoms with E-state index in [2.05, 4.69) is 10.3 Å². The van der Waals surface area contributed by atoms with Gasteiger partial charge < -0.3 is 29.8 Å². The Morgan fingerprint density at radius 3 is 2.39 bits per heavy atom. The van der Waals surface area contributed by atoms with Crippen LogP contribution in [0.1, 0.15) is 12.5 Å². The van der Waals surface area contributed by atoms with Gasteiger partial charge in [0.1, 0.15) is 23.9 Å². The quantitative estimate of drug-likeness (QED) is 0.372. The van der Waals surface area contributed by atoms with Crippen molar-refractivity contribution in [2.45, 2.75) is 37.5 Å². The molecule has 1 aromatic carbocycles. The Morgan fingerprint density at radius 1 is 1.15 bits per heavy atom. The lowest BCUT2D eigenvalue weighted by atomic mass is 9.98. The molecule has 0 aliphatic rings. The number of aromatic nitrogens is 1. The van der Waals surface area contributed by atoms with E-state index in [-0.39, 0.29) is 22.2 Å². The number of nitrogens with zero attached hydrogens (tertiary/aromatic N) is 1. The third-order valence-electron chi connectivity index (χ3n) is 5.28. The normalized spacial score (nSPS) is 15.8. The van der Waals surface area contributed by atoms with Crippen molar-refractivity contribution in [3.8, 4) is 11.1 Å². The molecule has 3 unspecified atom stereocenters. The first-order valence-electron chi connectivity index (χ1n) is 9.93. The number of aliphatic hydroxyl groups is 3. The Kier molecular flexibility index (Phi) is 7.38. The van der Waals surface area contributed by atoms with E-state index in [0.29, 0.717) is 0 Å². The number of pyridine rings is 1. The second kappa shape index (κ2) is 9.87. The number of halogens is 3. The van der Waals surface area contributed by atoms with E-state index in [1.165, 1.54) is 50.7 Å². The summed E-state index contributed by atoms with van der Waals surface area (Å²) in [5.74, 6) is 0. The van der Waals surface area contributed by atoms with Crippen molar-refractivity contribution in [3.05, 3.63) is 58.7 Å². The Balaban J connectivity index is 2.02. The van der Waals surface area contributed by atoms with Crippen molar-refractivity contribution < 1.29 is 37.6 Å². The lowest BCUT2D eigenvalue weighted by Gasteiger charge is -2.29. The average Bonchev–Trinajstić information content (AvgIpc) is 2.78. The fourth-order valence-corrected chi connectivity index (χ4v) is 3.55. The zero-order valence-electron chi connectivity index (χ0n) is 17.7. The van der Waals surface area contributed by atoms with E-state index in [9.17, 15) is 33.3 Å². The highest BCUT2D eigenvalue weighted by Gasteiger charge is 2.38. The first-order valence-corrected chi connectivity index (χ1v) is 9.93. The third kappa shape index (κ3) is 5.17. The topological polar surface area (TPSA) is 125 Å². The molecule has 4 atom stereocenters. The number of methoxy groups -OCH3 is 1. The summed E-state index contributed by atoms with van der Waals surface area (Å²) in [4.78, 5) is 16.3. The summed E-state index contributed by atoms with van der Waals surface area (Å²) in [5.41, 5.74) is -2.93. The maximum atomic E-state index is 14.0. The van der Waals surface area contributed by atoms with Crippen LogP contribution in [0.2, 0.25) is 0 Å². The molecule has 0 fully saturated rings. The summed E-state index contributed by atoms with van der Waals surface area (Å²) >= 11 is 0. The highest BCUT2D eigenvalue weighted by Crippen LogP contribution is 2.40. The molecule has 3 aromatic rings. The number of fused-ring (bicyclic) bond motifs is 1. The van der Waals surface area contributed by atoms with Crippen LogP contribution in [0.15, 0.2) is 51.9 Å². The molecular formula is C22H23F3N2O6. The van der Waals surface area contributed by atoms with Crippen molar-refractivity contribution in [1.29, 1.82) is 0 Å². The van der Waals surface area contributed by atoms with Crippen molar-refractivity contribution in [2.75, 3.05) is 19.0 Å². The van der Waals surface area contributed by atoms with Crippen molar-refractivity contribution in [3.63, 3.8) is 0 Å². The number of hydrogen-bond donors (Lipinski definition) is 4. The summed E-state index contributed by atoms with van der Waals surface area (Å²) < 4.78 is 52.1. The van der Waals surface area contributed by atoms with Gasteiger partial charge in [-0.05, 0) is 36.8 Å². The van der Waals surface area contributed by atoms with Crippen LogP contribution in [0, 0.1) is 0 Å². The number of hydrogen-bond acceptors (Lipinski definition) is 8. The Morgan fingerprint density at radius 2 is 1.82 bits per heavy atom. The summed E-state index contributed by atoms with van der Waals surface area (Å²) in [6.07, 6.45) is -6.13. The van der Waals surface area contributed by atoms with E-state index in [1.807, 2.05) is 0 Å². The molecule has 11 heteroatoms. The molecule has 0 radical (unpaired) electrons. The number of rotatable bonds is 8. The van der Waals surface area contributed by atoms with Gasteiger partial charge in [-0.2, -0.15) is 13.2 Å². The number of nitrogens with one attached hydrogen (secondary N) is 1. The standard InChI is InChI=1S/C22H23F3N2O6/c1-11(19(29)20(30)16(10-28)32-2)27-13-3-4-14-15(9-13)33-21(31)17(18(14)22(23,24)25)12-5-7-26-8-6-12/h3-9,11,16,19-20,27-30H,10H2,1-2H3/t11-,16?,19?,20?/m1/s1. The fraction of sp³-hybridized carbons (Fsp3) is 0.364. The van der Waals surface area contributed by atoms with Crippen LogP contribution in [-0.2, 0) is 10.9 Å². The third-order valence-corrected chi connectivity index (χ3v) is 5.28. The predicted molar refractivity (Wildman–Crippen MR) is 114 cm³/mol. The first-order chi connectivity index (χ1) is 15.6. The molecular weight excluding hydrogens is 445 g/mol. The van der Waals surface area contributed by atoms with Gasteiger partial charge in [-0.25, -0.2) is 4.79 Å². The molecule has 0 amide bonds. The summed E-state index contributed by atoms with van der Waals surface area (Å²) in [5, 5.41) is 32.2. The SMILES string of the molecule is COC(CO)C(O)C(O)[C@@H](C)Nc1ccc2c(C(F)(F)F)c(-c3ccncc3)c(=O)oc2c1. The van der Waals surface area contributed by atoms with Crippen molar-refractivity contribution >= 4 is 16.7 Å². The summed E-state index contributed by atoms with van der Waals surface area (Å²) in [7, 11) is 1.26. The smallest absolute Gasteiger partial charge is 0.417 e. The largest absolute Gasteiger partial charge is 0.422 e. The van der Waals surface area contributed by atoms with Crippen LogP contribution in [0.25, 0.3) is 22.1 Å². The first kappa shape index (κ1) is 24.6. The van der Waals surface area contributed by atoms with E-state index < -0.39 is 53.9 Å². The number of anilines is 1. The van der Waals surface area contributed by atoms with Crippen molar-refractivity contribution in [1.82, 2.24) is 4.98 Å². The lowest BCUT2D eigenvalue weighted by molar-refractivity contribution is -0.136. The zero-order valence-corrected chi connectivity index (χ0v) is 17.7. The van der Waals surface area contributed by atoms with Gasteiger partial charge in [0.2, 0.25) is 0 Å². The Labute approximate surface area is 186 Å². The monoisotopic (exact) mass is 468 g/mol. The van der Waals surface area contributed by atoms with Crippen molar-refractivity contribution in [2.24, 2.45) is 0 Å². The zero-order chi connectivity index (χ0) is 24.3. The maximum absolute atomic E-state index is 14.0. The van der Waals surface area contributed by atoms with Crippen LogP contribution in [0.4, 0.5) is 18.9 Å². The van der Waals surface area contributed by atoms with E-state index in [4.69, 9.17) is 9.15 Å². The van der Waals surface area contributed by atoms with Gasteiger partial charge in [0.25, 0.3) is 0 Å². The van der Waals surface area contributed by atoms with E-state index >= 15 is 0 Å². The molecule has 0 saturated carbocycles. The molecule has 3 rings (SSSR count). The van der Waals surface area contributed by atoms with Gasteiger partial charge in [0, 0.05) is 36.6 Å². The van der Waals surface area contributed by atoms with Gasteiger partial charge in [0.05, 0.1) is 23.8 Å². The predicted octanol–water partition coefficient (Wildman–Crippen LogP) is 2.40. The van der Waals surface area contributed by atoms with E-state index in [0.717, 1.165) is 6.07 Å². The molecule has 0 saturated heterocycles. The lowest BCUT2D eigenvalue weighted by Crippen LogP contribution is -2.48. The molecule has 4 N–H and O–H groups in total. The average molecular weight is 468 g/mol. The van der Waals surface area contributed by atoms with Gasteiger partial charge >= 0.3 is 11.8 Å². The van der Waals surface area contributed by atoms with Gasteiger partial charge in [-0.15, -0.1) is 0 Å². The minimum absolute atomic E-state index is 0.0255. The Bertz CT molecular complexity index is 1150. The minimum atomic E-state index is -4.84. The minimum Gasteiger partial charge on any atom is -0.422 e. The number of benzene rings is 1. The molecule has 178 valence electrons. The highest BCUT2D eigenvalue weighted by atomic mass is 19.4. The highest BCUT2D eigenvalue weighted by molar-refractivity contribution is 5.89. The van der Waals surface area contributed by atoms with Gasteiger partial charge in [-0.1, -0.05) is 0 Å². The van der Waals surface area contributed by atoms with Crippen LogP contribution in [0.5, 0.6) is 0 Å². The van der Waals surface area contributed by atoms with Gasteiger partial charge in [-0.3, -0.25) is 4.98 Å².